The Morgan fingerprint density at radius 3 is 2.60 bits per heavy atom. The van der Waals surface area contributed by atoms with Crippen LogP contribution in [0.3, 0.4) is 0 Å². The van der Waals surface area contributed by atoms with Crippen LogP contribution in [0.2, 0.25) is 0 Å². The number of anilines is 2. The molecule has 0 radical (unpaired) electrons. The molecule has 2 aromatic carbocycles. The molecule has 7 nitrogen and oxygen atoms in total. The van der Waals surface area contributed by atoms with Gasteiger partial charge < -0.3 is 10.2 Å². The molecule has 4 rings (SSSR count). The van der Waals surface area contributed by atoms with Gasteiger partial charge in [-0.1, -0.05) is 30.3 Å². The fourth-order valence-corrected chi connectivity index (χ4v) is 5.30. The van der Waals surface area contributed by atoms with Gasteiger partial charge in [0.15, 0.2) is 0 Å². The quantitative estimate of drug-likeness (QED) is 0.794. The summed E-state index contributed by atoms with van der Waals surface area (Å²) in [6.45, 7) is 2.44. The van der Waals surface area contributed by atoms with Crippen molar-refractivity contribution in [2.45, 2.75) is 38.8 Å². The molecule has 1 unspecified atom stereocenters. The van der Waals surface area contributed by atoms with Crippen LogP contribution in [0, 0.1) is 0 Å². The van der Waals surface area contributed by atoms with Crippen molar-refractivity contribution in [2.24, 2.45) is 0 Å². The maximum atomic E-state index is 13.1. The Morgan fingerprint density at radius 2 is 1.90 bits per heavy atom. The monoisotopic (exact) mass is 427 g/mol. The largest absolute Gasteiger partial charge is 0.325 e. The minimum Gasteiger partial charge on any atom is -0.325 e. The van der Waals surface area contributed by atoms with Crippen molar-refractivity contribution in [3.8, 4) is 0 Å². The summed E-state index contributed by atoms with van der Waals surface area (Å²) < 4.78 is 26.7. The molecular formula is C22H25N3O4S. The van der Waals surface area contributed by atoms with E-state index in [2.05, 4.69) is 5.32 Å². The summed E-state index contributed by atoms with van der Waals surface area (Å²) in [4.78, 5) is 26.9. The lowest BCUT2D eigenvalue weighted by molar-refractivity contribution is -0.120. The molecule has 0 saturated carbocycles. The number of benzene rings is 2. The summed E-state index contributed by atoms with van der Waals surface area (Å²) >= 11 is 0. The zero-order chi connectivity index (χ0) is 21.3. The molecule has 8 heteroatoms. The predicted molar refractivity (Wildman–Crippen MR) is 116 cm³/mol. The Morgan fingerprint density at radius 1 is 1.13 bits per heavy atom. The first-order valence-corrected chi connectivity index (χ1v) is 11.8. The third-order valence-electron chi connectivity index (χ3n) is 5.73. The van der Waals surface area contributed by atoms with Crippen LogP contribution >= 0.6 is 0 Å². The number of sulfonamides is 1. The van der Waals surface area contributed by atoms with Crippen molar-refractivity contribution in [2.75, 3.05) is 22.5 Å². The van der Waals surface area contributed by atoms with Crippen LogP contribution in [0.25, 0.3) is 0 Å². The highest BCUT2D eigenvalue weighted by Crippen LogP contribution is 2.28. The van der Waals surface area contributed by atoms with Gasteiger partial charge in [-0.05, 0) is 49.1 Å². The van der Waals surface area contributed by atoms with E-state index in [0.29, 0.717) is 25.1 Å². The number of hydrogen-bond acceptors (Lipinski definition) is 4. The Hall–Kier alpha value is -2.71. The van der Waals surface area contributed by atoms with Crippen molar-refractivity contribution < 1.29 is 18.0 Å². The van der Waals surface area contributed by atoms with Crippen molar-refractivity contribution >= 4 is 33.2 Å². The number of amides is 2. The number of nitrogens with zero attached hydrogens (tertiary/aromatic N) is 2. The Kier molecular flexibility index (Phi) is 5.62. The van der Waals surface area contributed by atoms with E-state index in [4.69, 9.17) is 0 Å². The van der Waals surface area contributed by atoms with Crippen molar-refractivity contribution in [1.82, 2.24) is 4.31 Å². The van der Waals surface area contributed by atoms with E-state index in [1.165, 1.54) is 4.31 Å². The van der Waals surface area contributed by atoms with Crippen molar-refractivity contribution in [3.63, 3.8) is 0 Å². The number of carbonyl (C=O) groups excluding carboxylic acids is 2. The second kappa shape index (κ2) is 8.20. The predicted octanol–water partition coefficient (Wildman–Crippen LogP) is 2.53. The maximum absolute atomic E-state index is 13.1. The van der Waals surface area contributed by atoms with Crippen LogP contribution < -0.4 is 10.2 Å². The number of carbonyl (C=O) groups is 2. The van der Waals surface area contributed by atoms with Crippen LogP contribution in [0.4, 0.5) is 11.4 Å². The Balaban J connectivity index is 1.59. The summed E-state index contributed by atoms with van der Waals surface area (Å²) in [7, 11) is -3.56. The summed E-state index contributed by atoms with van der Waals surface area (Å²) in [6, 6.07) is 13.9. The number of nitrogens with one attached hydrogen (secondary N) is 1. The molecule has 1 atom stereocenters. The molecule has 1 fully saturated rings. The first-order chi connectivity index (χ1) is 14.4. The molecule has 1 saturated heterocycles. The first kappa shape index (κ1) is 20.6. The number of rotatable bonds is 5. The van der Waals surface area contributed by atoms with E-state index in [1.54, 1.807) is 30.0 Å². The molecule has 0 aromatic heterocycles. The van der Waals surface area contributed by atoms with Gasteiger partial charge in [0, 0.05) is 30.9 Å². The molecular weight excluding hydrogens is 402 g/mol. The highest BCUT2D eigenvalue weighted by atomic mass is 32.2. The zero-order valence-electron chi connectivity index (χ0n) is 16.9. The minimum absolute atomic E-state index is 0.0640. The second-order valence-corrected chi connectivity index (χ2v) is 9.83. The molecule has 2 heterocycles. The molecule has 2 aliphatic rings. The van der Waals surface area contributed by atoms with Crippen LogP contribution in [-0.2, 0) is 32.6 Å². The van der Waals surface area contributed by atoms with Gasteiger partial charge in [-0.25, -0.2) is 8.42 Å². The van der Waals surface area contributed by atoms with E-state index in [0.717, 1.165) is 23.2 Å². The molecule has 158 valence electrons. The van der Waals surface area contributed by atoms with Crippen LogP contribution in [-0.4, -0.2) is 42.9 Å². The standard InChI is InChI=1S/C22H25N3O4S/c1-2-30(28,29)25-15-17-8-4-3-7-16(17)13-20(25)22(27)23-18-9-5-10-19(14-18)24-12-6-11-21(24)26/h3-5,7-10,14,20H,2,6,11-13,15H2,1H3,(H,23,27). The fraction of sp³-hybridized carbons (Fsp3) is 0.364. The Labute approximate surface area is 176 Å². The molecule has 30 heavy (non-hydrogen) atoms. The fourth-order valence-electron chi connectivity index (χ4n) is 4.08. The molecule has 2 aliphatic heterocycles. The van der Waals surface area contributed by atoms with Crippen molar-refractivity contribution in [1.29, 1.82) is 0 Å². The molecule has 0 bridgehead atoms. The lowest BCUT2D eigenvalue weighted by atomic mass is 9.95. The summed E-state index contributed by atoms with van der Waals surface area (Å²) in [5, 5.41) is 2.86. The third kappa shape index (κ3) is 3.97. The minimum atomic E-state index is -3.56. The lowest BCUT2D eigenvalue weighted by Crippen LogP contribution is -2.51. The van der Waals surface area contributed by atoms with Crippen LogP contribution in [0.5, 0.6) is 0 Å². The van der Waals surface area contributed by atoms with Gasteiger partial charge in [0.2, 0.25) is 21.8 Å². The van der Waals surface area contributed by atoms with Gasteiger partial charge in [0.1, 0.15) is 6.04 Å². The van der Waals surface area contributed by atoms with Gasteiger partial charge in [-0.3, -0.25) is 9.59 Å². The highest BCUT2D eigenvalue weighted by Gasteiger charge is 2.38. The molecule has 0 aliphatic carbocycles. The number of fused-ring (bicyclic) bond motifs is 1. The topological polar surface area (TPSA) is 86.8 Å². The smallest absolute Gasteiger partial charge is 0.243 e. The van der Waals surface area contributed by atoms with Gasteiger partial charge in [0.25, 0.3) is 0 Å². The van der Waals surface area contributed by atoms with Gasteiger partial charge in [-0.15, -0.1) is 0 Å². The van der Waals surface area contributed by atoms with E-state index >= 15 is 0 Å². The van der Waals surface area contributed by atoms with Gasteiger partial charge in [0.05, 0.1) is 5.75 Å². The normalized spacial score (nSPS) is 19.6. The number of hydrogen-bond donors (Lipinski definition) is 1. The van der Waals surface area contributed by atoms with Gasteiger partial charge >= 0.3 is 0 Å². The highest BCUT2D eigenvalue weighted by molar-refractivity contribution is 7.89. The summed E-state index contributed by atoms with van der Waals surface area (Å²) in [5.41, 5.74) is 3.19. The van der Waals surface area contributed by atoms with Crippen LogP contribution in [0.1, 0.15) is 30.9 Å². The molecule has 2 aromatic rings. The first-order valence-electron chi connectivity index (χ1n) is 10.2. The Bertz CT molecular complexity index is 1080. The van der Waals surface area contributed by atoms with E-state index < -0.39 is 16.1 Å². The van der Waals surface area contributed by atoms with Crippen LogP contribution in [0.15, 0.2) is 48.5 Å². The molecule has 1 N–H and O–H groups in total. The molecule has 0 spiro atoms. The van der Waals surface area contributed by atoms with Crippen molar-refractivity contribution in [3.05, 3.63) is 59.7 Å². The van der Waals surface area contributed by atoms with E-state index in [9.17, 15) is 18.0 Å². The molecule has 2 amide bonds. The third-order valence-corrected chi connectivity index (χ3v) is 7.56. The summed E-state index contributed by atoms with van der Waals surface area (Å²) in [6.07, 6.45) is 1.67. The average molecular weight is 428 g/mol. The average Bonchev–Trinajstić information content (AvgIpc) is 3.19. The maximum Gasteiger partial charge on any atom is 0.243 e. The summed E-state index contributed by atoms with van der Waals surface area (Å²) in [5.74, 6) is -0.361. The SMILES string of the molecule is CCS(=O)(=O)N1Cc2ccccc2CC1C(=O)Nc1cccc(N2CCCC2=O)c1. The zero-order valence-corrected chi connectivity index (χ0v) is 17.7. The lowest BCUT2D eigenvalue weighted by Gasteiger charge is -2.34. The second-order valence-electron chi connectivity index (χ2n) is 7.62. The van der Waals surface area contributed by atoms with Gasteiger partial charge in [-0.2, -0.15) is 4.31 Å². The van der Waals surface area contributed by atoms with E-state index in [-0.39, 0.29) is 24.1 Å². The van der Waals surface area contributed by atoms with E-state index in [1.807, 2.05) is 30.3 Å².